The lowest BCUT2D eigenvalue weighted by Gasteiger charge is -2.37. The molecule has 0 aliphatic carbocycles. The van der Waals surface area contributed by atoms with Crippen LogP contribution in [0, 0.1) is 5.41 Å². The first-order valence-corrected chi connectivity index (χ1v) is 10.4. The molecule has 2 N–H and O–H groups in total. The molecule has 0 bridgehead atoms. The maximum absolute atomic E-state index is 12.2. The number of aromatic nitrogens is 1. The predicted octanol–water partition coefficient (Wildman–Crippen LogP) is 2.71. The van der Waals surface area contributed by atoms with E-state index in [-0.39, 0.29) is 11.3 Å². The molecule has 2 heterocycles. The summed E-state index contributed by atoms with van der Waals surface area (Å²) in [6.07, 6.45) is 3.71. The Balaban J connectivity index is 1.41. The van der Waals surface area contributed by atoms with Crippen LogP contribution in [0.3, 0.4) is 0 Å². The molecule has 1 amide bonds. The molecule has 1 aromatic heterocycles. The van der Waals surface area contributed by atoms with Crippen LogP contribution in [0.15, 0.2) is 41.0 Å². The number of piperidine rings is 1. The average molecular weight is 390 g/mol. The SMILES string of the molecule is COCC1(CNC(=O)CSCc2coc(-c3ccccc3)n2)CCNCC1. The van der Waals surface area contributed by atoms with Gasteiger partial charge in [0, 0.05) is 30.4 Å². The number of carbonyl (C=O) groups is 1. The normalized spacial score (nSPS) is 16.2. The van der Waals surface area contributed by atoms with E-state index in [0.29, 0.717) is 30.5 Å². The molecule has 7 heteroatoms. The van der Waals surface area contributed by atoms with Gasteiger partial charge < -0.3 is 19.8 Å². The van der Waals surface area contributed by atoms with E-state index in [0.717, 1.165) is 37.2 Å². The molecular formula is C20H27N3O3S. The molecule has 1 aliphatic heterocycles. The van der Waals surface area contributed by atoms with Crippen LogP contribution >= 0.6 is 11.8 Å². The maximum Gasteiger partial charge on any atom is 0.230 e. The van der Waals surface area contributed by atoms with Gasteiger partial charge in [-0.2, -0.15) is 0 Å². The van der Waals surface area contributed by atoms with Crippen LogP contribution in [-0.2, 0) is 15.3 Å². The molecule has 0 radical (unpaired) electrons. The Morgan fingerprint density at radius 1 is 1.33 bits per heavy atom. The Hall–Kier alpha value is -1.83. The van der Waals surface area contributed by atoms with Crippen LogP contribution < -0.4 is 10.6 Å². The molecule has 1 saturated heterocycles. The average Bonchev–Trinajstić information content (AvgIpc) is 3.17. The van der Waals surface area contributed by atoms with Crippen molar-refractivity contribution in [1.29, 1.82) is 0 Å². The summed E-state index contributed by atoms with van der Waals surface area (Å²) in [7, 11) is 1.73. The third-order valence-electron chi connectivity index (χ3n) is 4.83. The topological polar surface area (TPSA) is 76.4 Å². The van der Waals surface area contributed by atoms with E-state index in [1.165, 1.54) is 0 Å². The predicted molar refractivity (Wildman–Crippen MR) is 108 cm³/mol. The van der Waals surface area contributed by atoms with Gasteiger partial charge >= 0.3 is 0 Å². The summed E-state index contributed by atoms with van der Waals surface area (Å²) in [5.41, 5.74) is 1.86. The molecule has 0 atom stereocenters. The molecule has 27 heavy (non-hydrogen) atoms. The number of nitrogens with one attached hydrogen (secondary N) is 2. The number of ether oxygens (including phenoxy) is 1. The van der Waals surface area contributed by atoms with Gasteiger partial charge in [0.15, 0.2) is 0 Å². The number of oxazole rings is 1. The molecule has 1 aromatic carbocycles. The van der Waals surface area contributed by atoms with Gasteiger partial charge in [0.2, 0.25) is 11.8 Å². The van der Waals surface area contributed by atoms with E-state index in [1.807, 2.05) is 30.3 Å². The van der Waals surface area contributed by atoms with Crippen LogP contribution in [0.5, 0.6) is 0 Å². The lowest BCUT2D eigenvalue weighted by Crippen LogP contribution is -2.47. The van der Waals surface area contributed by atoms with Crippen LogP contribution in [-0.4, -0.2) is 50.0 Å². The van der Waals surface area contributed by atoms with Gasteiger partial charge in [0.1, 0.15) is 6.26 Å². The number of thioether (sulfide) groups is 1. The molecule has 0 saturated carbocycles. The number of nitrogens with zero attached hydrogens (tertiary/aromatic N) is 1. The molecule has 146 valence electrons. The van der Waals surface area contributed by atoms with Crippen molar-refractivity contribution in [2.24, 2.45) is 5.41 Å². The first-order chi connectivity index (χ1) is 13.2. The Morgan fingerprint density at radius 2 is 2.11 bits per heavy atom. The van der Waals surface area contributed by atoms with Crippen molar-refractivity contribution in [2.75, 3.05) is 39.1 Å². The highest BCUT2D eigenvalue weighted by molar-refractivity contribution is 7.99. The van der Waals surface area contributed by atoms with Crippen LogP contribution in [0.4, 0.5) is 0 Å². The highest BCUT2D eigenvalue weighted by Gasteiger charge is 2.32. The number of methoxy groups -OCH3 is 1. The van der Waals surface area contributed by atoms with Crippen LogP contribution in [0.1, 0.15) is 18.5 Å². The van der Waals surface area contributed by atoms with Gasteiger partial charge in [-0.25, -0.2) is 4.98 Å². The lowest BCUT2D eigenvalue weighted by atomic mass is 9.79. The number of hydrogen-bond acceptors (Lipinski definition) is 6. The van der Waals surface area contributed by atoms with E-state index in [1.54, 1.807) is 25.1 Å². The molecule has 0 spiro atoms. The van der Waals surface area contributed by atoms with Crippen molar-refractivity contribution < 1.29 is 13.9 Å². The fourth-order valence-corrected chi connectivity index (χ4v) is 4.04. The van der Waals surface area contributed by atoms with E-state index < -0.39 is 0 Å². The van der Waals surface area contributed by atoms with Crippen molar-refractivity contribution in [2.45, 2.75) is 18.6 Å². The smallest absolute Gasteiger partial charge is 0.230 e. The zero-order chi connectivity index (χ0) is 19.0. The number of amides is 1. The van der Waals surface area contributed by atoms with Crippen molar-refractivity contribution in [3.63, 3.8) is 0 Å². The second-order valence-corrected chi connectivity index (χ2v) is 7.95. The van der Waals surface area contributed by atoms with Gasteiger partial charge in [-0.3, -0.25) is 4.79 Å². The summed E-state index contributed by atoms with van der Waals surface area (Å²) >= 11 is 1.54. The summed E-state index contributed by atoms with van der Waals surface area (Å²) in [5.74, 6) is 1.73. The minimum Gasteiger partial charge on any atom is -0.444 e. The van der Waals surface area contributed by atoms with Crippen molar-refractivity contribution in [1.82, 2.24) is 15.6 Å². The highest BCUT2D eigenvalue weighted by Crippen LogP contribution is 2.28. The van der Waals surface area contributed by atoms with E-state index >= 15 is 0 Å². The van der Waals surface area contributed by atoms with Gasteiger partial charge in [-0.05, 0) is 38.1 Å². The minimum absolute atomic E-state index is 0.0526. The number of rotatable bonds is 9. The summed E-state index contributed by atoms with van der Waals surface area (Å²) in [5, 5.41) is 6.45. The summed E-state index contributed by atoms with van der Waals surface area (Å²) in [6, 6.07) is 9.80. The summed E-state index contributed by atoms with van der Waals surface area (Å²) in [6.45, 7) is 3.31. The number of carbonyl (C=O) groups excluding carboxylic acids is 1. The maximum atomic E-state index is 12.2. The zero-order valence-electron chi connectivity index (χ0n) is 15.7. The summed E-state index contributed by atoms with van der Waals surface area (Å²) < 4.78 is 10.9. The van der Waals surface area contributed by atoms with Crippen molar-refractivity contribution >= 4 is 17.7 Å². The molecule has 6 nitrogen and oxygen atoms in total. The monoisotopic (exact) mass is 389 g/mol. The van der Waals surface area contributed by atoms with Crippen LogP contribution in [0.2, 0.25) is 0 Å². The third-order valence-corrected chi connectivity index (χ3v) is 5.80. The Morgan fingerprint density at radius 3 is 2.85 bits per heavy atom. The first-order valence-electron chi connectivity index (χ1n) is 9.25. The first kappa shape index (κ1) is 19.9. The van der Waals surface area contributed by atoms with E-state index in [9.17, 15) is 4.79 Å². The zero-order valence-corrected chi connectivity index (χ0v) is 16.5. The van der Waals surface area contributed by atoms with Gasteiger partial charge in [0.05, 0.1) is 18.1 Å². The lowest BCUT2D eigenvalue weighted by molar-refractivity contribution is -0.119. The van der Waals surface area contributed by atoms with E-state index in [2.05, 4.69) is 15.6 Å². The Bertz CT molecular complexity index is 709. The van der Waals surface area contributed by atoms with Gasteiger partial charge in [0.25, 0.3) is 0 Å². The fraction of sp³-hybridized carbons (Fsp3) is 0.500. The van der Waals surface area contributed by atoms with E-state index in [4.69, 9.17) is 9.15 Å². The largest absolute Gasteiger partial charge is 0.444 e. The summed E-state index contributed by atoms with van der Waals surface area (Å²) in [4.78, 5) is 16.7. The molecule has 1 aliphatic rings. The molecule has 3 rings (SSSR count). The molecular weight excluding hydrogens is 362 g/mol. The standard InChI is InChI=1S/C20H27N3O3S/c1-25-15-20(7-9-21-10-8-20)14-22-18(24)13-27-12-17-11-26-19(23-17)16-5-3-2-4-6-16/h2-6,11,21H,7-10,12-15H2,1H3,(H,22,24). The van der Waals surface area contributed by atoms with Gasteiger partial charge in [-0.1, -0.05) is 18.2 Å². The third kappa shape index (κ3) is 5.82. The Kier molecular flexibility index (Phi) is 7.32. The van der Waals surface area contributed by atoms with Crippen molar-refractivity contribution in [3.05, 3.63) is 42.3 Å². The minimum atomic E-state index is 0.0526. The van der Waals surface area contributed by atoms with Gasteiger partial charge in [-0.15, -0.1) is 11.8 Å². The Labute approximate surface area is 164 Å². The highest BCUT2D eigenvalue weighted by atomic mass is 32.2. The number of benzene rings is 1. The van der Waals surface area contributed by atoms with Crippen LogP contribution in [0.25, 0.3) is 11.5 Å². The van der Waals surface area contributed by atoms with Crippen molar-refractivity contribution in [3.8, 4) is 11.5 Å². The second-order valence-electron chi connectivity index (χ2n) is 6.96. The number of hydrogen-bond donors (Lipinski definition) is 2. The fourth-order valence-electron chi connectivity index (χ4n) is 3.31. The molecule has 0 unspecified atom stereocenters. The second kappa shape index (κ2) is 9.92. The quantitative estimate of drug-likeness (QED) is 0.687. The molecule has 2 aromatic rings. The molecule has 1 fully saturated rings.